The van der Waals surface area contributed by atoms with Crippen LogP contribution >= 0.6 is 0 Å². The van der Waals surface area contributed by atoms with Gasteiger partial charge in [-0.2, -0.15) is 0 Å². The lowest BCUT2D eigenvalue weighted by molar-refractivity contribution is -0.164. The summed E-state index contributed by atoms with van der Waals surface area (Å²) in [5.74, 6) is -2.89. The summed E-state index contributed by atoms with van der Waals surface area (Å²) in [7, 11) is 0. The van der Waals surface area contributed by atoms with E-state index < -0.39 is 23.1 Å². The SMILES string of the molecule is C[C@](O)(CC[C@@](C)(O)C(=O)O)C(=O)O. The normalized spacial score (nSPS) is 19.4. The average molecular weight is 206 g/mol. The first-order valence-electron chi connectivity index (χ1n) is 4.01. The van der Waals surface area contributed by atoms with Gasteiger partial charge in [0.15, 0.2) is 11.2 Å². The van der Waals surface area contributed by atoms with E-state index in [9.17, 15) is 19.8 Å². The second kappa shape index (κ2) is 3.93. The van der Waals surface area contributed by atoms with E-state index in [1.165, 1.54) is 0 Å². The van der Waals surface area contributed by atoms with Gasteiger partial charge in [0, 0.05) is 0 Å². The van der Waals surface area contributed by atoms with Gasteiger partial charge in [-0.05, 0) is 26.7 Å². The molecule has 0 unspecified atom stereocenters. The molecule has 6 nitrogen and oxygen atoms in total. The first kappa shape index (κ1) is 12.9. The molecule has 2 atom stereocenters. The van der Waals surface area contributed by atoms with E-state index in [0.29, 0.717) is 0 Å². The van der Waals surface area contributed by atoms with Crippen LogP contribution in [-0.2, 0) is 9.59 Å². The summed E-state index contributed by atoms with van der Waals surface area (Å²) < 4.78 is 0. The smallest absolute Gasteiger partial charge is 0.335 e. The van der Waals surface area contributed by atoms with E-state index in [1.54, 1.807) is 0 Å². The second-order valence-corrected chi connectivity index (χ2v) is 3.66. The number of aliphatic carboxylic acids is 2. The van der Waals surface area contributed by atoms with Gasteiger partial charge in [-0.15, -0.1) is 0 Å². The van der Waals surface area contributed by atoms with Crippen LogP contribution in [-0.4, -0.2) is 43.6 Å². The van der Waals surface area contributed by atoms with Gasteiger partial charge in [-0.3, -0.25) is 0 Å². The molecule has 14 heavy (non-hydrogen) atoms. The number of carboxylic acid groups (broad SMARTS) is 2. The maximum absolute atomic E-state index is 10.4. The van der Waals surface area contributed by atoms with Crippen molar-refractivity contribution in [2.24, 2.45) is 0 Å². The maximum Gasteiger partial charge on any atom is 0.335 e. The summed E-state index contributed by atoms with van der Waals surface area (Å²) in [5.41, 5.74) is -4.03. The maximum atomic E-state index is 10.4. The number of carbonyl (C=O) groups is 2. The van der Waals surface area contributed by atoms with Crippen molar-refractivity contribution in [2.75, 3.05) is 0 Å². The van der Waals surface area contributed by atoms with Crippen molar-refractivity contribution in [1.29, 1.82) is 0 Å². The highest BCUT2D eigenvalue weighted by Crippen LogP contribution is 2.19. The largest absolute Gasteiger partial charge is 0.479 e. The molecular formula is C8H14O6. The minimum Gasteiger partial charge on any atom is -0.479 e. The topological polar surface area (TPSA) is 115 Å². The predicted molar refractivity (Wildman–Crippen MR) is 45.8 cm³/mol. The molecule has 0 aromatic heterocycles. The van der Waals surface area contributed by atoms with Gasteiger partial charge in [0.2, 0.25) is 0 Å². The average Bonchev–Trinajstić information content (AvgIpc) is 2.01. The minimum atomic E-state index is -2.01. The fourth-order valence-corrected chi connectivity index (χ4v) is 0.701. The Bertz CT molecular complexity index is 216. The van der Waals surface area contributed by atoms with Crippen LogP contribution < -0.4 is 0 Å². The molecule has 0 bridgehead atoms. The number of carboxylic acids is 2. The van der Waals surface area contributed by atoms with E-state index in [-0.39, 0.29) is 12.8 Å². The molecule has 0 amide bonds. The Balaban J connectivity index is 4.32. The molecule has 0 rings (SSSR count). The van der Waals surface area contributed by atoms with Crippen molar-refractivity contribution >= 4 is 11.9 Å². The van der Waals surface area contributed by atoms with Crippen LogP contribution in [0.3, 0.4) is 0 Å². The van der Waals surface area contributed by atoms with Crippen LogP contribution in [0.15, 0.2) is 0 Å². The summed E-state index contributed by atoms with van der Waals surface area (Å²) in [5, 5.41) is 35.5. The zero-order valence-corrected chi connectivity index (χ0v) is 8.02. The van der Waals surface area contributed by atoms with Crippen LogP contribution in [0.4, 0.5) is 0 Å². The van der Waals surface area contributed by atoms with Crippen LogP contribution in [0, 0.1) is 0 Å². The van der Waals surface area contributed by atoms with Crippen molar-refractivity contribution in [3.63, 3.8) is 0 Å². The third kappa shape index (κ3) is 3.31. The summed E-state index contributed by atoms with van der Waals surface area (Å²) >= 11 is 0. The fraction of sp³-hybridized carbons (Fsp3) is 0.750. The predicted octanol–water partition coefficient (Wildman–Crippen LogP) is -0.562. The molecule has 0 aromatic rings. The standard InChI is InChI=1S/C8H14O6/c1-7(13,5(9)10)3-4-8(2,14)6(11)12/h13-14H,3-4H2,1-2H3,(H,9,10)(H,11,12)/t7-,8+. The molecular weight excluding hydrogens is 192 g/mol. The van der Waals surface area contributed by atoms with Gasteiger partial charge in [-0.25, -0.2) is 9.59 Å². The molecule has 0 spiro atoms. The number of hydrogen-bond acceptors (Lipinski definition) is 4. The lowest BCUT2D eigenvalue weighted by Gasteiger charge is -2.23. The molecule has 4 N–H and O–H groups in total. The lowest BCUT2D eigenvalue weighted by Crippen LogP contribution is -2.41. The van der Waals surface area contributed by atoms with Crippen LogP contribution in [0.5, 0.6) is 0 Å². The molecule has 0 aliphatic heterocycles. The van der Waals surface area contributed by atoms with E-state index in [1.807, 2.05) is 0 Å². The molecule has 0 fully saturated rings. The van der Waals surface area contributed by atoms with Crippen LogP contribution in [0.25, 0.3) is 0 Å². The van der Waals surface area contributed by atoms with E-state index in [4.69, 9.17) is 10.2 Å². The fourth-order valence-electron chi connectivity index (χ4n) is 0.701. The Labute approximate surface area is 80.8 Å². The third-order valence-corrected chi connectivity index (χ3v) is 2.02. The second-order valence-electron chi connectivity index (χ2n) is 3.66. The zero-order chi connectivity index (χ0) is 11.6. The quantitative estimate of drug-likeness (QED) is 0.479. The highest BCUT2D eigenvalue weighted by Gasteiger charge is 2.36. The summed E-state index contributed by atoms with van der Waals surface area (Å²) in [6.45, 7) is 2.10. The monoisotopic (exact) mass is 206 g/mol. The first-order valence-corrected chi connectivity index (χ1v) is 4.01. The molecule has 6 heteroatoms. The Morgan fingerprint density at radius 2 is 1.14 bits per heavy atom. The number of hydrogen-bond donors (Lipinski definition) is 4. The van der Waals surface area contributed by atoms with Gasteiger partial charge >= 0.3 is 11.9 Å². The lowest BCUT2D eigenvalue weighted by atomic mass is 9.92. The molecule has 0 aromatic carbocycles. The number of rotatable bonds is 5. The zero-order valence-electron chi connectivity index (χ0n) is 8.02. The minimum absolute atomic E-state index is 0.332. The van der Waals surface area contributed by atoms with Gasteiger partial charge in [0.1, 0.15) is 0 Å². The van der Waals surface area contributed by atoms with Crippen LogP contribution in [0.1, 0.15) is 26.7 Å². The summed E-state index contributed by atoms with van der Waals surface area (Å²) in [6.07, 6.45) is -0.663. The molecule has 0 aliphatic carbocycles. The Kier molecular flexibility index (Phi) is 3.61. The Hall–Kier alpha value is -1.14. The molecule has 0 aliphatic rings. The van der Waals surface area contributed by atoms with E-state index >= 15 is 0 Å². The van der Waals surface area contributed by atoms with Crippen molar-refractivity contribution in [3.8, 4) is 0 Å². The van der Waals surface area contributed by atoms with E-state index in [2.05, 4.69) is 0 Å². The molecule has 0 saturated heterocycles. The molecule has 0 saturated carbocycles. The first-order chi connectivity index (χ1) is 6.09. The van der Waals surface area contributed by atoms with Crippen molar-refractivity contribution in [1.82, 2.24) is 0 Å². The summed E-state index contributed by atoms with van der Waals surface area (Å²) in [4.78, 5) is 20.9. The van der Waals surface area contributed by atoms with Gasteiger partial charge in [0.05, 0.1) is 0 Å². The Morgan fingerprint density at radius 1 is 0.929 bits per heavy atom. The molecule has 0 heterocycles. The Morgan fingerprint density at radius 3 is 1.29 bits per heavy atom. The molecule has 82 valence electrons. The van der Waals surface area contributed by atoms with Crippen molar-refractivity contribution in [2.45, 2.75) is 37.9 Å². The summed E-state index contributed by atoms with van der Waals surface area (Å²) in [6, 6.07) is 0. The third-order valence-electron chi connectivity index (χ3n) is 2.02. The van der Waals surface area contributed by atoms with Crippen LogP contribution in [0.2, 0.25) is 0 Å². The highest BCUT2D eigenvalue weighted by molar-refractivity contribution is 5.78. The van der Waals surface area contributed by atoms with Crippen molar-refractivity contribution in [3.05, 3.63) is 0 Å². The molecule has 0 radical (unpaired) electrons. The number of aliphatic hydroxyl groups is 2. The van der Waals surface area contributed by atoms with Gasteiger partial charge < -0.3 is 20.4 Å². The van der Waals surface area contributed by atoms with Gasteiger partial charge in [-0.1, -0.05) is 0 Å². The highest BCUT2D eigenvalue weighted by atomic mass is 16.4. The van der Waals surface area contributed by atoms with E-state index in [0.717, 1.165) is 13.8 Å². The van der Waals surface area contributed by atoms with Crippen molar-refractivity contribution < 1.29 is 30.0 Å². The van der Waals surface area contributed by atoms with Gasteiger partial charge in [0.25, 0.3) is 0 Å².